The summed E-state index contributed by atoms with van der Waals surface area (Å²) in [6.45, 7) is 0.0740. The van der Waals surface area contributed by atoms with Crippen molar-refractivity contribution in [3.63, 3.8) is 0 Å². The number of ether oxygens (including phenoxy) is 3. The van der Waals surface area contributed by atoms with Crippen molar-refractivity contribution in [3.8, 4) is 11.5 Å². The van der Waals surface area contributed by atoms with Gasteiger partial charge in [0.2, 0.25) is 0 Å². The zero-order valence-corrected chi connectivity index (χ0v) is 15.8. The molecule has 10 heteroatoms. The first-order valence-corrected chi connectivity index (χ1v) is 8.64. The van der Waals surface area contributed by atoms with Gasteiger partial charge < -0.3 is 19.5 Å². The van der Waals surface area contributed by atoms with E-state index in [1.807, 2.05) is 0 Å². The van der Waals surface area contributed by atoms with Crippen LogP contribution in [-0.2, 0) is 20.9 Å². The fourth-order valence-corrected chi connectivity index (χ4v) is 2.23. The zero-order chi connectivity index (χ0) is 22.1. The highest BCUT2D eigenvalue weighted by Gasteiger charge is 2.32. The number of hydrogen-bond acceptors (Lipinski definition) is 6. The highest BCUT2D eigenvalue weighted by molar-refractivity contribution is 5.94. The second kappa shape index (κ2) is 10.3. The van der Waals surface area contributed by atoms with Gasteiger partial charge in [-0.3, -0.25) is 9.59 Å². The van der Waals surface area contributed by atoms with Crippen LogP contribution in [0.3, 0.4) is 0 Å². The summed E-state index contributed by atoms with van der Waals surface area (Å²) in [5, 5.41) is 2.33. The molecule has 0 aliphatic rings. The molecule has 2 aromatic carbocycles. The van der Waals surface area contributed by atoms with E-state index in [0.717, 1.165) is 6.07 Å². The number of Topliss-reactive ketones (excluding diaryl/α,β-unsaturated/α-hetero) is 1. The predicted molar refractivity (Wildman–Crippen MR) is 97.9 cm³/mol. The van der Waals surface area contributed by atoms with Crippen LogP contribution >= 0.6 is 0 Å². The fraction of sp³-hybridized carbons (Fsp3) is 0.250. The Morgan fingerprint density at radius 2 is 1.63 bits per heavy atom. The second-order valence-electron chi connectivity index (χ2n) is 5.96. The average Bonchev–Trinajstić information content (AvgIpc) is 2.69. The molecule has 0 unspecified atom stereocenters. The Balaban J connectivity index is 1.74. The standard InChI is InChI=1S/C20H18F3NO6/c1-13(25)14-6-8-16(9-7-14)28-12-19(27)29-11-18(26)24-10-15-4-2-3-5-17(15)30-20(21,22)23/h2-9H,10-12H2,1H3,(H,24,26). The smallest absolute Gasteiger partial charge is 0.482 e. The minimum absolute atomic E-state index is 0.104. The van der Waals surface area contributed by atoms with Crippen molar-refractivity contribution in [2.75, 3.05) is 13.2 Å². The molecular formula is C20H18F3NO6. The van der Waals surface area contributed by atoms with Crippen molar-refractivity contribution in [3.05, 3.63) is 59.7 Å². The maximum Gasteiger partial charge on any atom is 0.573 e. The number of esters is 1. The Hall–Kier alpha value is -3.56. The fourth-order valence-electron chi connectivity index (χ4n) is 2.23. The number of carbonyl (C=O) groups excluding carboxylic acids is 3. The highest BCUT2D eigenvalue weighted by atomic mass is 19.4. The topological polar surface area (TPSA) is 90.9 Å². The Morgan fingerprint density at radius 1 is 0.967 bits per heavy atom. The number of carbonyl (C=O) groups is 3. The summed E-state index contributed by atoms with van der Waals surface area (Å²) in [6, 6.07) is 11.4. The lowest BCUT2D eigenvalue weighted by molar-refractivity contribution is -0.274. The maximum atomic E-state index is 12.4. The Morgan fingerprint density at radius 3 is 2.27 bits per heavy atom. The third kappa shape index (κ3) is 7.82. The summed E-state index contributed by atoms with van der Waals surface area (Å²) in [7, 11) is 0. The number of para-hydroxylation sites is 1. The number of benzene rings is 2. The number of halogens is 3. The van der Waals surface area contributed by atoms with Crippen LogP contribution in [-0.4, -0.2) is 37.2 Å². The number of nitrogens with one attached hydrogen (secondary N) is 1. The van der Waals surface area contributed by atoms with Gasteiger partial charge >= 0.3 is 12.3 Å². The highest BCUT2D eigenvalue weighted by Crippen LogP contribution is 2.26. The lowest BCUT2D eigenvalue weighted by atomic mass is 10.1. The van der Waals surface area contributed by atoms with Gasteiger partial charge in [-0.25, -0.2) is 4.79 Å². The lowest BCUT2D eigenvalue weighted by Gasteiger charge is -2.13. The molecule has 0 aliphatic carbocycles. The van der Waals surface area contributed by atoms with Gasteiger partial charge in [-0.15, -0.1) is 13.2 Å². The molecule has 0 aromatic heterocycles. The van der Waals surface area contributed by atoms with E-state index in [9.17, 15) is 27.6 Å². The molecule has 0 spiro atoms. The summed E-state index contributed by atoms with van der Waals surface area (Å²) < 4.78 is 51.0. The number of rotatable bonds is 9. The van der Waals surface area contributed by atoms with E-state index in [-0.39, 0.29) is 17.9 Å². The van der Waals surface area contributed by atoms with E-state index in [2.05, 4.69) is 10.1 Å². The number of alkyl halides is 3. The van der Waals surface area contributed by atoms with E-state index >= 15 is 0 Å². The summed E-state index contributed by atoms with van der Waals surface area (Å²) >= 11 is 0. The largest absolute Gasteiger partial charge is 0.573 e. The van der Waals surface area contributed by atoms with Crippen LogP contribution in [0.15, 0.2) is 48.5 Å². The monoisotopic (exact) mass is 425 g/mol. The van der Waals surface area contributed by atoms with Gasteiger partial charge in [0.15, 0.2) is 19.0 Å². The molecule has 0 saturated carbocycles. The molecule has 2 rings (SSSR count). The molecular weight excluding hydrogens is 407 g/mol. The molecule has 0 saturated heterocycles. The number of hydrogen-bond donors (Lipinski definition) is 1. The van der Waals surface area contributed by atoms with Crippen LogP contribution in [0.4, 0.5) is 13.2 Å². The maximum absolute atomic E-state index is 12.4. The van der Waals surface area contributed by atoms with Crippen LogP contribution in [0.25, 0.3) is 0 Å². The van der Waals surface area contributed by atoms with Gasteiger partial charge in [-0.1, -0.05) is 18.2 Å². The zero-order valence-electron chi connectivity index (χ0n) is 15.8. The SMILES string of the molecule is CC(=O)c1ccc(OCC(=O)OCC(=O)NCc2ccccc2OC(F)(F)F)cc1. The Bertz CT molecular complexity index is 896. The molecule has 160 valence electrons. The predicted octanol–water partition coefficient (Wildman–Crippen LogP) is 3.03. The molecule has 1 N–H and O–H groups in total. The Kier molecular flexibility index (Phi) is 7.79. The van der Waals surface area contributed by atoms with Crippen LogP contribution in [0.1, 0.15) is 22.8 Å². The van der Waals surface area contributed by atoms with Crippen molar-refractivity contribution < 1.29 is 41.8 Å². The minimum Gasteiger partial charge on any atom is -0.482 e. The summed E-state index contributed by atoms with van der Waals surface area (Å²) in [5.74, 6) is -1.74. The van der Waals surface area contributed by atoms with Gasteiger partial charge in [-0.05, 0) is 37.3 Å². The summed E-state index contributed by atoms with van der Waals surface area (Å²) in [6.07, 6.45) is -4.86. The van der Waals surface area contributed by atoms with E-state index in [1.165, 1.54) is 49.4 Å². The Labute approximate surface area is 169 Å². The van der Waals surface area contributed by atoms with E-state index in [1.54, 1.807) is 0 Å². The van der Waals surface area contributed by atoms with E-state index in [4.69, 9.17) is 9.47 Å². The first kappa shape index (κ1) is 22.7. The van der Waals surface area contributed by atoms with Crippen molar-refractivity contribution in [1.82, 2.24) is 5.32 Å². The van der Waals surface area contributed by atoms with Gasteiger partial charge in [0.05, 0.1) is 0 Å². The van der Waals surface area contributed by atoms with Crippen molar-refractivity contribution >= 4 is 17.7 Å². The van der Waals surface area contributed by atoms with Crippen molar-refractivity contribution in [2.45, 2.75) is 19.8 Å². The van der Waals surface area contributed by atoms with Crippen molar-refractivity contribution in [2.24, 2.45) is 0 Å². The first-order valence-electron chi connectivity index (χ1n) is 8.64. The minimum atomic E-state index is -4.86. The molecule has 1 amide bonds. The molecule has 0 bridgehead atoms. The molecule has 0 fully saturated rings. The molecule has 2 aromatic rings. The third-order valence-electron chi connectivity index (χ3n) is 3.66. The third-order valence-corrected chi connectivity index (χ3v) is 3.66. The van der Waals surface area contributed by atoms with E-state index < -0.39 is 37.2 Å². The summed E-state index contributed by atoms with van der Waals surface area (Å²) in [4.78, 5) is 34.6. The molecule has 0 radical (unpaired) electrons. The van der Waals surface area contributed by atoms with Gasteiger partial charge in [0.25, 0.3) is 5.91 Å². The molecule has 7 nitrogen and oxygen atoms in total. The molecule has 0 heterocycles. The van der Waals surface area contributed by atoms with Crippen LogP contribution < -0.4 is 14.8 Å². The van der Waals surface area contributed by atoms with Gasteiger partial charge in [0.1, 0.15) is 11.5 Å². The first-order chi connectivity index (χ1) is 14.1. The van der Waals surface area contributed by atoms with Crippen LogP contribution in [0, 0.1) is 0 Å². The van der Waals surface area contributed by atoms with Crippen LogP contribution in [0.5, 0.6) is 11.5 Å². The normalized spacial score (nSPS) is 10.8. The molecule has 0 aliphatic heterocycles. The van der Waals surface area contributed by atoms with Crippen molar-refractivity contribution in [1.29, 1.82) is 0 Å². The number of ketones is 1. The second-order valence-corrected chi connectivity index (χ2v) is 5.96. The van der Waals surface area contributed by atoms with Gasteiger partial charge in [-0.2, -0.15) is 0 Å². The molecule has 0 atom stereocenters. The number of amides is 1. The van der Waals surface area contributed by atoms with E-state index in [0.29, 0.717) is 11.3 Å². The average molecular weight is 425 g/mol. The quantitative estimate of drug-likeness (QED) is 0.491. The molecule has 30 heavy (non-hydrogen) atoms. The lowest BCUT2D eigenvalue weighted by Crippen LogP contribution is -2.30. The van der Waals surface area contributed by atoms with Crippen LogP contribution in [0.2, 0.25) is 0 Å². The summed E-state index contributed by atoms with van der Waals surface area (Å²) in [5.41, 5.74) is 0.593. The van der Waals surface area contributed by atoms with Gasteiger partial charge in [0, 0.05) is 17.7 Å².